The van der Waals surface area contributed by atoms with Crippen LogP contribution in [0.4, 0.5) is 0 Å². The summed E-state index contributed by atoms with van der Waals surface area (Å²) in [7, 11) is -3.37. The first kappa shape index (κ1) is 13.0. The van der Waals surface area contributed by atoms with Crippen molar-refractivity contribution in [3.8, 4) is 0 Å². The Balaban J connectivity index is 1.72. The van der Waals surface area contributed by atoms with Gasteiger partial charge >= 0.3 is 0 Å². The summed E-state index contributed by atoms with van der Waals surface area (Å²) in [6.45, 7) is 1.96. The molecule has 4 rings (SSSR count). The molecule has 1 aliphatic carbocycles. The molecule has 4 heteroatoms. The van der Waals surface area contributed by atoms with Crippen LogP contribution >= 0.6 is 0 Å². The maximum Gasteiger partial charge on any atom is 0.244 e. The second kappa shape index (κ2) is 4.42. The molecule has 21 heavy (non-hydrogen) atoms. The highest BCUT2D eigenvalue weighted by Crippen LogP contribution is 2.53. The van der Waals surface area contributed by atoms with Gasteiger partial charge in [-0.15, -0.1) is 0 Å². The molecule has 1 unspecified atom stereocenters. The molecular formula is C17H17NO2S. The topological polar surface area (TPSA) is 37.1 Å². The molecule has 1 aliphatic heterocycles. The van der Waals surface area contributed by atoms with E-state index in [-0.39, 0.29) is 12.1 Å². The predicted octanol–water partition coefficient (Wildman–Crippen LogP) is 3.06. The minimum absolute atomic E-state index is 0.0428. The maximum absolute atomic E-state index is 12.8. The van der Waals surface area contributed by atoms with Crippen molar-refractivity contribution in [3.63, 3.8) is 0 Å². The van der Waals surface area contributed by atoms with Gasteiger partial charge in [0.2, 0.25) is 10.0 Å². The van der Waals surface area contributed by atoms with Crippen LogP contribution in [0.1, 0.15) is 29.2 Å². The molecule has 0 amide bonds. The van der Waals surface area contributed by atoms with E-state index in [0.29, 0.717) is 4.90 Å². The standard InChI is InChI=1S/C17H17NO2S/c1-12-6-9-14(10-7-12)21(19,20)18-16-11-8-13-4-2-3-5-15(13)17(16)18/h2-7,9-10,16-17H,8,11H2,1H3/t16-,17+,18?/m0/s1. The van der Waals surface area contributed by atoms with E-state index >= 15 is 0 Å². The molecule has 0 bridgehead atoms. The number of aryl methyl sites for hydroxylation is 2. The summed E-state index contributed by atoms with van der Waals surface area (Å²) in [5, 5.41) is 0. The average molecular weight is 299 g/mol. The molecule has 3 nitrogen and oxygen atoms in total. The van der Waals surface area contributed by atoms with Gasteiger partial charge in [0, 0.05) is 6.04 Å². The van der Waals surface area contributed by atoms with Crippen LogP contribution in [0.2, 0.25) is 0 Å². The van der Waals surface area contributed by atoms with Crippen LogP contribution in [0.5, 0.6) is 0 Å². The van der Waals surface area contributed by atoms with Gasteiger partial charge in [0.15, 0.2) is 0 Å². The zero-order valence-electron chi connectivity index (χ0n) is 11.9. The van der Waals surface area contributed by atoms with Gasteiger partial charge in [0.1, 0.15) is 0 Å². The number of nitrogens with zero attached hydrogens (tertiary/aromatic N) is 1. The molecule has 2 aliphatic rings. The lowest BCUT2D eigenvalue weighted by molar-refractivity contribution is 0.544. The van der Waals surface area contributed by atoms with Crippen LogP contribution in [0.15, 0.2) is 53.4 Å². The largest absolute Gasteiger partial charge is 0.244 e. The Morgan fingerprint density at radius 1 is 1.05 bits per heavy atom. The number of benzene rings is 2. The Labute approximate surface area is 125 Å². The molecule has 0 aromatic heterocycles. The Bertz CT molecular complexity index is 796. The van der Waals surface area contributed by atoms with Crippen molar-refractivity contribution < 1.29 is 8.42 Å². The molecule has 108 valence electrons. The second-order valence-corrected chi connectivity index (χ2v) is 7.74. The first-order chi connectivity index (χ1) is 10.1. The summed E-state index contributed by atoms with van der Waals surface area (Å²) in [4.78, 5) is 0.403. The van der Waals surface area contributed by atoms with Crippen LogP contribution in [0.3, 0.4) is 0 Å². The van der Waals surface area contributed by atoms with Crippen LogP contribution in [0.25, 0.3) is 0 Å². The molecule has 2 aromatic carbocycles. The Kier molecular flexibility index (Phi) is 2.75. The van der Waals surface area contributed by atoms with E-state index in [1.165, 1.54) is 11.1 Å². The lowest BCUT2D eigenvalue weighted by Crippen LogP contribution is -2.14. The second-order valence-electron chi connectivity index (χ2n) is 5.90. The highest BCUT2D eigenvalue weighted by atomic mass is 32.2. The third-order valence-corrected chi connectivity index (χ3v) is 6.48. The van der Waals surface area contributed by atoms with Crippen molar-refractivity contribution in [3.05, 3.63) is 65.2 Å². The van der Waals surface area contributed by atoms with Gasteiger partial charge in [0.25, 0.3) is 0 Å². The molecular weight excluding hydrogens is 282 g/mol. The summed E-state index contributed by atoms with van der Waals surface area (Å²) in [6.07, 6.45) is 1.89. The SMILES string of the molecule is Cc1ccc(S(=O)(=O)N2[C@@H]3c4ccccc4CC[C@@H]32)cc1. The van der Waals surface area contributed by atoms with Gasteiger partial charge in [-0.3, -0.25) is 0 Å². The fourth-order valence-corrected chi connectivity index (χ4v) is 5.20. The van der Waals surface area contributed by atoms with Gasteiger partial charge in [-0.25, -0.2) is 8.42 Å². The van der Waals surface area contributed by atoms with Crippen LogP contribution in [-0.4, -0.2) is 18.8 Å². The number of rotatable bonds is 2. The van der Waals surface area contributed by atoms with Gasteiger partial charge in [0.05, 0.1) is 10.9 Å². The molecule has 0 spiro atoms. The lowest BCUT2D eigenvalue weighted by Gasteiger charge is -2.11. The third kappa shape index (κ3) is 1.93. The van der Waals surface area contributed by atoms with Gasteiger partial charge in [-0.2, -0.15) is 4.31 Å². The minimum Gasteiger partial charge on any atom is -0.207 e. The molecule has 0 radical (unpaired) electrons. The summed E-state index contributed by atoms with van der Waals surface area (Å²) >= 11 is 0. The van der Waals surface area contributed by atoms with Crippen molar-refractivity contribution in [2.75, 3.05) is 0 Å². The van der Waals surface area contributed by atoms with Gasteiger partial charge < -0.3 is 0 Å². The van der Waals surface area contributed by atoms with Crippen molar-refractivity contribution in [2.45, 2.75) is 36.7 Å². The normalized spacial score (nSPS) is 26.8. The number of sulfonamides is 1. The Morgan fingerprint density at radius 2 is 1.76 bits per heavy atom. The molecule has 0 N–H and O–H groups in total. The summed E-state index contributed by atoms with van der Waals surface area (Å²) in [5.74, 6) is 0. The van der Waals surface area contributed by atoms with Crippen molar-refractivity contribution >= 4 is 10.0 Å². The molecule has 0 saturated carbocycles. The van der Waals surface area contributed by atoms with Crippen LogP contribution in [-0.2, 0) is 16.4 Å². The first-order valence-electron chi connectivity index (χ1n) is 7.27. The van der Waals surface area contributed by atoms with Gasteiger partial charge in [-0.05, 0) is 43.0 Å². The third-order valence-electron chi connectivity index (χ3n) is 4.56. The predicted molar refractivity (Wildman–Crippen MR) is 81.5 cm³/mol. The van der Waals surface area contributed by atoms with E-state index in [0.717, 1.165) is 18.4 Å². The molecule has 1 fully saturated rings. The quantitative estimate of drug-likeness (QED) is 0.799. The smallest absolute Gasteiger partial charge is 0.207 e. The van der Waals surface area contributed by atoms with E-state index in [1.807, 2.05) is 31.2 Å². The van der Waals surface area contributed by atoms with Crippen LogP contribution < -0.4 is 0 Å². The molecule has 2 aromatic rings. The zero-order valence-corrected chi connectivity index (χ0v) is 12.7. The number of hydrogen-bond donors (Lipinski definition) is 0. The average Bonchev–Trinajstić information content (AvgIpc) is 3.23. The van der Waals surface area contributed by atoms with Crippen molar-refractivity contribution in [2.24, 2.45) is 0 Å². The number of hydrogen-bond acceptors (Lipinski definition) is 2. The zero-order chi connectivity index (χ0) is 14.6. The Hall–Kier alpha value is -1.65. The highest BCUT2D eigenvalue weighted by Gasteiger charge is 2.57. The lowest BCUT2D eigenvalue weighted by atomic mass is 9.92. The fraction of sp³-hybridized carbons (Fsp3) is 0.294. The summed E-state index contributed by atoms with van der Waals surface area (Å²) in [6, 6.07) is 15.5. The van der Waals surface area contributed by atoms with Crippen molar-refractivity contribution in [1.29, 1.82) is 0 Å². The van der Waals surface area contributed by atoms with Crippen molar-refractivity contribution in [1.82, 2.24) is 4.31 Å². The molecule has 1 heterocycles. The fourth-order valence-electron chi connectivity index (χ4n) is 3.40. The van der Waals surface area contributed by atoms with E-state index in [4.69, 9.17) is 0 Å². The van der Waals surface area contributed by atoms with Gasteiger partial charge in [-0.1, -0.05) is 42.0 Å². The summed E-state index contributed by atoms with van der Waals surface area (Å²) < 4.78 is 27.3. The molecule has 1 saturated heterocycles. The van der Waals surface area contributed by atoms with E-state index < -0.39 is 10.0 Å². The minimum atomic E-state index is -3.37. The van der Waals surface area contributed by atoms with E-state index in [1.54, 1.807) is 16.4 Å². The highest BCUT2D eigenvalue weighted by molar-refractivity contribution is 7.89. The number of fused-ring (bicyclic) bond motifs is 3. The van der Waals surface area contributed by atoms with E-state index in [9.17, 15) is 8.42 Å². The maximum atomic E-state index is 12.8. The monoisotopic (exact) mass is 299 g/mol. The van der Waals surface area contributed by atoms with E-state index in [2.05, 4.69) is 12.1 Å². The Morgan fingerprint density at radius 3 is 2.52 bits per heavy atom. The first-order valence-corrected chi connectivity index (χ1v) is 8.71. The van der Waals surface area contributed by atoms with Crippen LogP contribution in [0, 0.1) is 6.92 Å². The summed E-state index contributed by atoms with van der Waals surface area (Å²) in [5.41, 5.74) is 3.55. The molecule has 3 atom stereocenters.